The normalized spacial score (nSPS) is 38.3. The molecule has 1 heterocycles. The van der Waals surface area contributed by atoms with E-state index in [0.29, 0.717) is 0 Å². The molecule has 3 aliphatic carbocycles. The molecule has 0 aromatic heterocycles. The molecule has 6 rings (SSSR count). The minimum atomic E-state index is -1.29. The molecule has 0 radical (unpaired) electrons. The van der Waals surface area contributed by atoms with Gasteiger partial charge in [-0.3, -0.25) is 9.59 Å². The van der Waals surface area contributed by atoms with Gasteiger partial charge in [0, 0.05) is 33.7 Å². The largest absolute Gasteiger partial charge is 0.496 e. The monoisotopic (exact) mass is 418 g/mol. The molecule has 2 bridgehead atoms. The Balaban J connectivity index is 1.64. The second-order valence-electron chi connectivity index (χ2n) is 8.06. The molecule has 0 amide bonds. The highest BCUT2D eigenvalue weighted by atomic mass is 35.5. The predicted octanol–water partition coefficient (Wildman–Crippen LogP) is 3.73. The molecule has 144 valence electrons. The van der Waals surface area contributed by atoms with Crippen LogP contribution in [0.4, 0.5) is 0 Å². The van der Waals surface area contributed by atoms with Crippen LogP contribution in [-0.2, 0) is 14.3 Å². The van der Waals surface area contributed by atoms with E-state index in [-0.39, 0.29) is 23.7 Å². The number of ether oxygens (including phenoxy) is 3. The lowest BCUT2D eigenvalue weighted by atomic mass is 9.51. The Morgan fingerprint density at radius 3 is 1.71 bits per heavy atom. The summed E-state index contributed by atoms with van der Waals surface area (Å²) in [5, 5.41) is 0.658. The molecule has 7 heteroatoms. The molecule has 5 nitrogen and oxygen atoms in total. The Kier molecular flexibility index (Phi) is 3.06. The molecule has 2 aromatic rings. The van der Waals surface area contributed by atoms with E-state index in [4.69, 9.17) is 37.4 Å². The first-order chi connectivity index (χ1) is 13.5. The average molecular weight is 419 g/mol. The Morgan fingerprint density at radius 2 is 1.36 bits per heavy atom. The number of benzene rings is 2. The summed E-state index contributed by atoms with van der Waals surface area (Å²) >= 11 is 11.8. The third-order valence-electron chi connectivity index (χ3n) is 7.46. The fraction of sp³-hybridized carbons (Fsp3) is 0.429. The predicted molar refractivity (Wildman–Crippen MR) is 102 cm³/mol. The maximum Gasteiger partial charge on any atom is 0.257 e. The highest BCUT2D eigenvalue weighted by Crippen LogP contribution is 2.85. The second-order valence-corrected chi connectivity index (χ2v) is 8.75. The highest BCUT2D eigenvalue weighted by molar-refractivity contribution is 6.71. The first-order valence-electron chi connectivity index (χ1n) is 9.22. The lowest BCUT2D eigenvalue weighted by Gasteiger charge is -2.46. The van der Waals surface area contributed by atoms with Gasteiger partial charge in [-0.15, -0.1) is 0 Å². The van der Waals surface area contributed by atoms with E-state index >= 15 is 0 Å². The smallest absolute Gasteiger partial charge is 0.257 e. The molecule has 3 fully saturated rings. The van der Waals surface area contributed by atoms with E-state index in [1.807, 2.05) is 24.3 Å². The lowest BCUT2D eigenvalue weighted by Crippen LogP contribution is -2.62. The van der Waals surface area contributed by atoms with Crippen molar-refractivity contribution in [2.75, 3.05) is 14.2 Å². The van der Waals surface area contributed by atoms with Crippen molar-refractivity contribution in [1.29, 1.82) is 0 Å². The summed E-state index contributed by atoms with van der Waals surface area (Å²) in [6, 6.07) is 7.93. The molecule has 2 aromatic carbocycles. The Labute approximate surface area is 170 Å². The van der Waals surface area contributed by atoms with Gasteiger partial charge in [-0.1, -0.05) is 24.3 Å². The van der Waals surface area contributed by atoms with Crippen LogP contribution in [0.1, 0.15) is 29.4 Å². The van der Waals surface area contributed by atoms with E-state index in [1.165, 1.54) is 0 Å². The molecule has 0 N–H and O–H groups in total. The quantitative estimate of drug-likeness (QED) is 0.429. The van der Waals surface area contributed by atoms with E-state index in [1.54, 1.807) is 14.2 Å². The first kappa shape index (κ1) is 17.1. The van der Waals surface area contributed by atoms with Gasteiger partial charge in [0.25, 0.3) is 10.5 Å². The van der Waals surface area contributed by atoms with E-state index in [0.717, 1.165) is 39.8 Å². The molecule has 28 heavy (non-hydrogen) atoms. The number of halogens is 2. The summed E-state index contributed by atoms with van der Waals surface area (Å²) in [5.74, 6) is 1.27. The Bertz CT molecular complexity index is 1030. The van der Waals surface area contributed by atoms with Crippen molar-refractivity contribution in [3.05, 3.63) is 35.4 Å². The number of hydrogen-bond acceptors (Lipinski definition) is 5. The van der Waals surface area contributed by atoms with Crippen molar-refractivity contribution < 1.29 is 23.8 Å². The molecule has 4 aliphatic rings. The van der Waals surface area contributed by atoms with Crippen molar-refractivity contribution in [1.82, 2.24) is 0 Å². The van der Waals surface area contributed by atoms with Gasteiger partial charge < -0.3 is 14.2 Å². The Hall–Kier alpha value is -1.82. The summed E-state index contributed by atoms with van der Waals surface area (Å²) in [4.78, 5) is 24.6. The third kappa shape index (κ3) is 1.46. The average Bonchev–Trinajstić information content (AvgIpc) is 2.91. The van der Waals surface area contributed by atoms with Gasteiger partial charge in [0.05, 0.1) is 14.2 Å². The van der Waals surface area contributed by atoms with Crippen LogP contribution >= 0.6 is 23.2 Å². The summed E-state index contributed by atoms with van der Waals surface area (Å²) < 4.78 is 17.5. The standard InChI is InChI=1S/C21H16Cl2O5/c1-26-16-8-5-3-4-6-9(8)17(27-2)13-11-7-10(12(13)16)14-15(11)21(19(23)25)20(14,28-21)18(22)24/h3-6,10-11,14-15H,7H2,1-2H3/t10-,11+,14-,15+,20-,21+. The van der Waals surface area contributed by atoms with Crippen LogP contribution in [0, 0.1) is 11.8 Å². The minimum absolute atomic E-state index is 0.00722. The Morgan fingerprint density at radius 1 is 0.929 bits per heavy atom. The van der Waals surface area contributed by atoms with Crippen LogP contribution in [0.5, 0.6) is 11.5 Å². The summed E-state index contributed by atoms with van der Waals surface area (Å²) in [7, 11) is 3.31. The number of fused-ring (bicyclic) bond motifs is 12. The van der Waals surface area contributed by atoms with E-state index in [2.05, 4.69) is 0 Å². The van der Waals surface area contributed by atoms with Crippen molar-refractivity contribution in [2.45, 2.75) is 29.5 Å². The second kappa shape index (κ2) is 5.02. The number of carbonyl (C=O) groups is 2. The third-order valence-corrected chi connectivity index (χ3v) is 8.02. The van der Waals surface area contributed by atoms with Crippen molar-refractivity contribution in [3.8, 4) is 11.5 Å². The van der Waals surface area contributed by atoms with Crippen LogP contribution in [0.15, 0.2) is 24.3 Å². The van der Waals surface area contributed by atoms with Gasteiger partial charge in [-0.25, -0.2) is 0 Å². The molecule has 1 aliphatic heterocycles. The van der Waals surface area contributed by atoms with Crippen LogP contribution in [0.3, 0.4) is 0 Å². The van der Waals surface area contributed by atoms with Crippen LogP contribution < -0.4 is 9.47 Å². The lowest BCUT2D eigenvalue weighted by molar-refractivity contribution is -0.127. The van der Waals surface area contributed by atoms with Crippen LogP contribution in [0.25, 0.3) is 10.8 Å². The summed E-state index contributed by atoms with van der Waals surface area (Å²) in [6.45, 7) is 0. The molecular weight excluding hydrogens is 403 g/mol. The van der Waals surface area contributed by atoms with Gasteiger partial charge in [-0.2, -0.15) is 0 Å². The SMILES string of the molecule is COc1c2c(c(OC)c3ccccc13)[C@@H]1C[C@H]2[C@@H]2[C@H]1[C@@]1(C(=O)Cl)O[C@@]21C(=O)Cl. The topological polar surface area (TPSA) is 65.1 Å². The summed E-state index contributed by atoms with van der Waals surface area (Å²) in [6.07, 6.45) is 0.801. The highest BCUT2D eigenvalue weighted by Gasteiger charge is 2.97. The zero-order valence-electron chi connectivity index (χ0n) is 15.1. The zero-order valence-corrected chi connectivity index (χ0v) is 16.6. The van der Waals surface area contributed by atoms with Gasteiger partial charge in [-0.05, 0) is 41.5 Å². The number of hydrogen-bond donors (Lipinski definition) is 0. The fourth-order valence-electron chi connectivity index (χ4n) is 6.72. The van der Waals surface area contributed by atoms with E-state index < -0.39 is 21.7 Å². The molecule has 1 saturated heterocycles. The van der Waals surface area contributed by atoms with Gasteiger partial charge in [0.2, 0.25) is 0 Å². The molecule has 0 spiro atoms. The maximum absolute atomic E-state index is 12.3. The van der Waals surface area contributed by atoms with E-state index in [9.17, 15) is 9.59 Å². The maximum atomic E-state index is 12.3. The van der Waals surface area contributed by atoms with Crippen molar-refractivity contribution >= 4 is 44.5 Å². The van der Waals surface area contributed by atoms with Gasteiger partial charge in [0.1, 0.15) is 11.5 Å². The van der Waals surface area contributed by atoms with Crippen molar-refractivity contribution in [2.24, 2.45) is 11.8 Å². The minimum Gasteiger partial charge on any atom is -0.496 e. The van der Waals surface area contributed by atoms with Crippen LogP contribution in [-0.4, -0.2) is 35.9 Å². The number of methoxy groups -OCH3 is 2. The summed E-state index contributed by atoms with van der Waals surface area (Å²) in [5.41, 5.74) is -0.488. The van der Waals surface area contributed by atoms with Crippen molar-refractivity contribution in [3.63, 3.8) is 0 Å². The zero-order chi connectivity index (χ0) is 19.6. The first-order valence-corrected chi connectivity index (χ1v) is 9.97. The molecule has 6 atom stereocenters. The fourth-order valence-corrected chi connectivity index (χ4v) is 7.33. The van der Waals surface area contributed by atoms with Gasteiger partial charge in [0.15, 0.2) is 11.2 Å². The number of rotatable bonds is 4. The number of carbonyl (C=O) groups excluding carboxylic acids is 2. The number of epoxide rings is 1. The molecule has 2 saturated carbocycles. The van der Waals surface area contributed by atoms with Crippen LogP contribution in [0.2, 0.25) is 0 Å². The molecule has 0 unspecified atom stereocenters. The molecular formula is C21H16Cl2O5. The van der Waals surface area contributed by atoms with Gasteiger partial charge >= 0.3 is 0 Å².